The van der Waals surface area contributed by atoms with Gasteiger partial charge in [-0.25, -0.2) is 0 Å². The van der Waals surface area contributed by atoms with Crippen LogP contribution in [0.3, 0.4) is 0 Å². The van der Waals surface area contributed by atoms with E-state index in [0.717, 1.165) is 32.6 Å². The van der Waals surface area contributed by atoms with Gasteiger partial charge in [-0.1, -0.05) is 32.9 Å². The lowest BCUT2D eigenvalue weighted by atomic mass is 10.3. The van der Waals surface area contributed by atoms with E-state index in [0.29, 0.717) is 6.04 Å². The van der Waals surface area contributed by atoms with Crippen LogP contribution in [0.15, 0.2) is 12.2 Å². The number of ether oxygens (including phenoxy) is 1. The van der Waals surface area contributed by atoms with Gasteiger partial charge in [0.2, 0.25) is 0 Å². The number of hydrogen-bond acceptors (Lipinski definition) is 2. The van der Waals surface area contributed by atoms with Crippen molar-refractivity contribution in [3.05, 3.63) is 12.2 Å². The monoisotopic (exact) mass is 185 g/mol. The Labute approximate surface area is 82.4 Å². The average Bonchev–Trinajstić information content (AvgIpc) is 2.09. The van der Waals surface area contributed by atoms with E-state index >= 15 is 0 Å². The van der Waals surface area contributed by atoms with E-state index in [2.05, 4.69) is 38.2 Å². The SMILES string of the molecule is CCCOCC=CCCNC(C)C. The highest BCUT2D eigenvalue weighted by molar-refractivity contribution is 4.82. The van der Waals surface area contributed by atoms with E-state index in [1.54, 1.807) is 0 Å². The molecule has 0 heterocycles. The van der Waals surface area contributed by atoms with Gasteiger partial charge in [-0.15, -0.1) is 0 Å². The zero-order valence-electron chi connectivity index (χ0n) is 9.18. The van der Waals surface area contributed by atoms with Crippen molar-refractivity contribution in [1.82, 2.24) is 5.32 Å². The minimum Gasteiger partial charge on any atom is -0.377 e. The Morgan fingerprint density at radius 2 is 2.08 bits per heavy atom. The molecular weight excluding hydrogens is 162 g/mol. The van der Waals surface area contributed by atoms with Crippen LogP contribution < -0.4 is 5.32 Å². The van der Waals surface area contributed by atoms with Gasteiger partial charge in [0, 0.05) is 12.6 Å². The van der Waals surface area contributed by atoms with Crippen molar-refractivity contribution in [3.63, 3.8) is 0 Å². The van der Waals surface area contributed by atoms with Crippen molar-refractivity contribution in [2.45, 2.75) is 39.7 Å². The van der Waals surface area contributed by atoms with Gasteiger partial charge in [-0.2, -0.15) is 0 Å². The fourth-order valence-electron chi connectivity index (χ4n) is 0.937. The highest BCUT2D eigenvalue weighted by atomic mass is 16.5. The van der Waals surface area contributed by atoms with Crippen LogP contribution in [-0.4, -0.2) is 25.8 Å². The molecule has 0 unspecified atom stereocenters. The van der Waals surface area contributed by atoms with Crippen molar-refractivity contribution in [3.8, 4) is 0 Å². The molecule has 0 aromatic carbocycles. The molecule has 0 aliphatic carbocycles. The maximum Gasteiger partial charge on any atom is 0.0647 e. The summed E-state index contributed by atoms with van der Waals surface area (Å²) < 4.78 is 5.30. The third-order valence-electron chi connectivity index (χ3n) is 1.59. The van der Waals surface area contributed by atoms with E-state index in [-0.39, 0.29) is 0 Å². The molecule has 0 saturated carbocycles. The zero-order valence-corrected chi connectivity index (χ0v) is 9.18. The Balaban J connectivity index is 3.03. The molecule has 0 aromatic heterocycles. The molecule has 1 N–H and O–H groups in total. The van der Waals surface area contributed by atoms with Gasteiger partial charge in [0.1, 0.15) is 0 Å². The molecule has 0 atom stereocenters. The van der Waals surface area contributed by atoms with E-state index in [1.807, 2.05) is 0 Å². The summed E-state index contributed by atoms with van der Waals surface area (Å²) >= 11 is 0. The quantitative estimate of drug-likeness (QED) is 0.463. The molecule has 0 fully saturated rings. The second-order valence-corrected chi connectivity index (χ2v) is 3.44. The fraction of sp³-hybridized carbons (Fsp3) is 0.818. The Kier molecular flexibility index (Phi) is 9.49. The summed E-state index contributed by atoms with van der Waals surface area (Å²) in [7, 11) is 0. The average molecular weight is 185 g/mol. The molecule has 0 rings (SSSR count). The lowest BCUT2D eigenvalue weighted by Crippen LogP contribution is -2.23. The molecule has 0 radical (unpaired) electrons. The van der Waals surface area contributed by atoms with Gasteiger partial charge in [0.15, 0.2) is 0 Å². The minimum absolute atomic E-state index is 0.588. The first-order chi connectivity index (χ1) is 6.27. The maximum atomic E-state index is 5.30. The molecule has 78 valence electrons. The lowest BCUT2D eigenvalue weighted by Gasteiger charge is -2.04. The topological polar surface area (TPSA) is 21.3 Å². The molecule has 0 aliphatic heterocycles. The molecule has 0 spiro atoms. The second kappa shape index (κ2) is 9.75. The summed E-state index contributed by atoms with van der Waals surface area (Å²) in [6.07, 6.45) is 6.46. The van der Waals surface area contributed by atoms with Gasteiger partial charge >= 0.3 is 0 Å². The standard InChI is InChI=1S/C11H23NO/c1-4-9-13-10-7-5-6-8-12-11(2)3/h5,7,11-12H,4,6,8-10H2,1-3H3. The van der Waals surface area contributed by atoms with Crippen molar-refractivity contribution in [2.24, 2.45) is 0 Å². The third kappa shape index (κ3) is 11.7. The Hall–Kier alpha value is -0.340. The molecule has 2 heteroatoms. The smallest absolute Gasteiger partial charge is 0.0647 e. The van der Waals surface area contributed by atoms with Crippen LogP contribution in [0.2, 0.25) is 0 Å². The molecule has 0 saturated heterocycles. The van der Waals surface area contributed by atoms with Gasteiger partial charge in [0.05, 0.1) is 6.61 Å². The van der Waals surface area contributed by atoms with Crippen molar-refractivity contribution >= 4 is 0 Å². The van der Waals surface area contributed by atoms with Crippen LogP contribution in [0, 0.1) is 0 Å². The molecule has 13 heavy (non-hydrogen) atoms. The largest absolute Gasteiger partial charge is 0.377 e. The number of rotatable bonds is 8. The summed E-state index contributed by atoms with van der Waals surface area (Å²) in [6, 6.07) is 0.588. The first kappa shape index (κ1) is 12.7. The summed E-state index contributed by atoms with van der Waals surface area (Å²) in [5, 5.41) is 3.36. The summed E-state index contributed by atoms with van der Waals surface area (Å²) in [6.45, 7) is 9.13. The predicted molar refractivity (Wildman–Crippen MR) is 58.0 cm³/mol. The van der Waals surface area contributed by atoms with Crippen LogP contribution in [0.25, 0.3) is 0 Å². The normalized spacial score (nSPS) is 11.7. The molecular formula is C11H23NO. The Bertz CT molecular complexity index is 121. The fourth-order valence-corrected chi connectivity index (χ4v) is 0.937. The highest BCUT2D eigenvalue weighted by Gasteiger charge is 1.87. The Morgan fingerprint density at radius 3 is 2.69 bits per heavy atom. The van der Waals surface area contributed by atoms with Crippen molar-refractivity contribution < 1.29 is 4.74 Å². The molecule has 0 aliphatic rings. The zero-order chi connectivity index (χ0) is 9.94. The van der Waals surface area contributed by atoms with Crippen molar-refractivity contribution in [1.29, 1.82) is 0 Å². The second-order valence-electron chi connectivity index (χ2n) is 3.44. The summed E-state index contributed by atoms with van der Waals surface area (Å²) in [5.41, 5.74) is 0. The van der Waals surface area contributed by atoms with E-state index < -0.39 is 0 Å². The van der Waals surface area contributed by atoms with Gasteiger partial charge in [-0.3, -0.25) is 0 Å². The van der Waals surface area contributed by atoms with Gasteiger partial charge in [-0.05, 0) is 19.4 Å². The molecule has 0 amide bonds. The minimum atomic E-state index is 0.588. The van der Waals surface area contributed by atoms with Crippen LogP contribution in [0.5, 0.6) is 0 Å². The first-order valence-electron chi connectivity index (χ1n) is 5.23. The van der Waals surface area contributed by atoms with E-state index in [1.165, 1.54) is 0 Å². The van der Waals surface area contributed by atoms with Crippen LogP contribution in [-0.2, 0) is 4.74 Å². The summed E-state index contributed by atoms with van der Waals surface area (Å²) in [4.78, 5) is 0. The van der Waals surface area contributed by atoms with Crippen LogP contribution in [0.4, 0.5) is 0 Å². The Morgan fingerprint density at radius 1 is 1.31 bits per heavy atom. The van der Waals surface area contributed by atoms with Crippen molar-refractivity contribution in [2.75, 3.05) is 19.8 Å². The van der Waals surface area contributed by atoms with Gasteiger partial charge < -0.3 is 10.1 Å². The maximum absolute atomic E-state index is 5.30. The van der Waals surface area contributed by atoms with Crippen LogP contribution >= 0.6 is 0 Å². The predicted octanol–water partition coefficient (Wildman–Crippen LogP) is 2.36. The number of nitrogens with one attached hydrogen (secondary N) is 1. The number of hydrogen-bond donors (Lipinski definition) is 1. The molecule has 0 bridgehead atoms. The third-order valence-corrected chi connectivity index (χ3v) is 1.59. The molecule has 0 aromatic rings. The van der Waals surface area contributed by atoms with E-state index in [9.17, 15) is 0 Å². The lowest BCUT2D eigenvalue weighted by molar-refractivity contribution is 0.163. The first-order valence-corrected chi connectivity index (χ1v) is 5.23. The van der Waals surface area contributed by atoms with Gasteiger partial charge in [0.25, 0.3) is 0 Å². The van der Waals surface area contributed by atoms with Crippen LogP contribution in [0.1, 0.15) is 33.6 Å². The van der Waals surface area contributed by atoms with E-state index in [4.69, 9.17) is 4.74 Å². The molecule has 2 nitrogen and oxygen atoms in total. The highest BCUT2D eigenvalue weighted by Crippen LogP contribution is 1.85. The summed E-state index contributed by atoms with van der Waals surface area (Å²) in [5.74, 6) is 0.